The zero-order chi connectivity index (χ0) is 18.9. The third-order valence-electron chi connectivity index (χ3n) is 3.91. The maximum absolute atomic E-state index is 11.3. The van der Waals surface area contributed by atoms with Gasteiger partial charge in [0.25, 0.3) is 0 Å². The van der Waals surface area contributed by atoms with Crippen LogP contribution in [0.25, 0.3) is 0 Å². The molecule has 0 aromatic heterocycles. The lowest BCUT2D eigenvalue weighted by molar-refractivity contribution is -0.114. The molecule has 0 saturated carbocycles. The molecule has 0 aliphatic carbocycles. The smallest absolute Gasteiger partial charge is 0.221 e. The first-order valence-electron chi connectivity index (χ1n) is 8.50. The van der Waals surface area contributed by atoms with Crippen LogP contribution in [0.15, 0.2) is 53.5 Å². The Kier molecular flexibility index (Phi) is 7.02. The quantitative estimate of drug-likeness (QED) is 0.550. The molecule has 1 amide bonds. The third-order valence-corrected chi connectivity index (χ3v) is 3.91. The molecule has 0 spiro atoms. The Morgan fingerprint density at radius 2 is 1.92 bits per heavy atom. The summed E-state index contributed by atoms with van der Waals surface area (Å²) >= 11 is 0. The lowest BCUT2D eigenvalue weighted by Gasteiger charge is -2.18. The Labute approximate surface area is 154 Å². The fourth-order valence-corrected chi connectivity index (χ4v) is 2.56. The van der Waals surface area contributed by atoms with E-state index in [4.69, 9.17) is 4.74 Å². The highest BCUT2D eigenvalue weighted by atomic mass is 16.5. The summed E-state index contributed by atoms with van der Waals surface area (Å²) in [6, 6.07) is 16.0. The summed E-state index contributed by atoms with van der Waals surface area (Å²) in [5.74, 6) is 1.20. The maximum atomic E-state index is 11.3. The highest BCUT2D eigenvalue weighted by molar-refractivity contribution is 5.90. The number of ether oxygens (including phenoxy) is 1. The molecule has 2 aromatic rings. The molecular weight excluding hydrogens is 328 g/mol. The van der Waals surface area contributed by atoms with Crippen LogP contribution in [-0.2, 0) is 11.3 Å². The molecule has 2 aromatic carbocycles. The van der Waals surface area contributed by atoms with Crippen molar-refractivity contribution in [2.75, 3.05) is 19.5 Å². The molecule has 0 fully saturated rings. The van der Waals surface area contributed by atoms with Gasteiger partial charge in [0.2, 0.25) is 5.91 Å². The van der Waals surface area contributed by atoms with Crippen LogP contribution in [0.3, 0.4) is 0 Å². The number of anilines is 1. The largest absolute Gasteiger partial charge is 0.495 e. The molecule has 26 heavy (non-hydrogen) atoms. The Balaban J connectivity index is 2.01. The van der Waals surface area contributed by atoms with Crippen LogP contribution in [-0.4, -0.2) is 26.0 Å². The van der Waals surface area contributed by atoms with E-state index in [1.54, 1.807) is 14.2 Å². The van der Waals surface area contributed by atoms with E-state index in [0.29, 0.717) is 23.9 Å². The van der Waals surface area contributed by atoms with Crippen LogP contribution in [0.2, 0.25) is 0 Å². The minimum Gasteiger partial charge on any atom is -0.495 e. The number of rotatable bonds is 6. The summed E-state index contributed by atoms with van der Waals surface area (Å²) in [7, 11) is 3.32. The first-order valence-corrected chi connectivity index (χ1v) is 8.50. The molecule has 138 valence electrons. The van der Waals surface area contributed by atoms with Crippen LogP contribution in [0.5, 0.6) is 5.75 Å². The van der Waals surface area contributed by atoms with E-state index in [1.807, 2.05) is 36.4 Å². The van der Waals surface area contributed by atoms with Crippen molar-refractivity contribution >= 4 is 17.6 Å². The Bertz CT molecular complexity index is 760. The monoisotopic (exact) mass is 354 g/mol. The van der Waals surface area contributed by atoms with Crippen molar-refractivity contribution in [1.82, 2.24) is 10.6 Å². The van der Waals surface area contributed by atoms with E-state index >= 15 is 0 Å². The van der Waals surface area contributed by atoms with Crippen molar-refractivity contribution in [3.63, 3.8) is 0 Å². The number of guanidine groups is 1. The number of amides is 1. The van der Waals surface area contributed by atoms with Crippen molar-refractivity contribution in [2.24, 2.45) is 4.99 Å². The summed E-state index contributed by atoms with van der Waals surface area (Å²) in [4.78, 5) is 15.6. The number of carbonyl (C=O) groups is 1. The number of nitrogens with zero attached hydrogens (tertiary/aromatic N) is 1. The number of carbonyl (C=O) groups excluding carboxylic acids is 1. The van der Waals surface area contributed by atoms with Gasteiger partial charge >= 0.3 is 0 Å². The molecule has 1 unspecified atom stereocenters. The van der Waals surface area contributed by atoms with Crippen molar-refractivity contribution in [1.29, 1.82) is 0 Å². The Morgan fingerprint density at radius 3 is 2.54 bits per heavy atom. The fourth-order valence-electron chi connectivity index (χ4n) is 2.56. The minimum absolute atomic E-state index is 0.133. The van der Waals surface area contributed by atoms with Crippen LogP contribution in [0.4, 0.5) is 5.69 Å². The van der Waals surface area contributed by atoms with E-state index in [2.05, 4.69) is 40.0 Å². The van der Waals surface area contributed by atoms with Crippen LogP contribution >= 0.6 is 0 Å². The third kappa shape index (κ3) is 5.51. The van der Waals surface area contributed by atoms with Gasteiger partial charge in [-0.2, -0.15) is 0 Å². The van der Waals surface area contributed by atoms with Gasteiger partial charge in [0, 0.05) is 20.5 Å². The highest BCUT2D eigenvalue weighted by Crippen LogP contribution is 2.25. The number of hydrogen-bond donors (Lipinski definition) is 3. The van der Waals surface area contributed by atoms with Gasteiger partial charge in [0.1, 0.15) is 5.75 Å². The number of aliphatic imine (C=N–C) groups is 1. The summed E-state index contributed by atoms with van der Waals surface area (Å²) in [6.45, 7) is 4.13. The molecule has 0 heterocycles. The van der Waals surface area contributed by atoms with Crippen molar-refractivity contribution in [2.45, 2.75) is 26.4 Å². The molecule has 6 heteroatoms. The molecule has 1 atom stereocenters. The van der Waals surface area contributed by atoms with Gasteiger partial charge in [0.15, 0.2) is 5.96 Å². The SMILES string of the molecule is CN=C(NCc1ccc(OC)c(NC(C)=O)c1)NC(C)c1ccccc1. The molecule has 0 radical (unpaired) electrons. The van der Waals surface area contributed by atoms with Crippen molar-refractivity contribution < 1.29 is 9.53 Å². The Morgan fingerprint density at radius 1 is 1.19 bits per heavy atom. The van der Waals surface area contributed by atoms with E-state index in [1.165, 1.54) is 12.5 Å². The molecule has 6 nitrogen and oxygen atoms in total. The number of benzene rings is 2. The van der Waals surface area contributed by atoms with E-state index in [9.17, 15) is 4.79 Å². The molecule has 0 aliphatic rings. The molecule has 0 bridgehead atoms. The topological polar surface area (TPSA) is 74.8 Å². The maximum Gasteiger partial charge on any atom is 0.221 e. The number of nitrogens with one attached hydrogen (secondary N) is 3. The van der Waals surface area contributed by atoms with E-state index in [0.717, 1.165) is 5.56 Å². The predicted octanol–water partition coefficient (Wildman–Crippen LogP) is 3.08. The van der Waals surface area contributed by atoms with Gasteiger partial charge in [-0.05, 0) is 30.2 Å². The lowest BCUT2D eigenvalue weighted by Crippen LogP contribution is -2.38. The summed E-state index contributed by atoms with van der Waals surface area (Å²) in [5.41, 5.74) is 2.85. The molecule has 0 aliphatic heterocycles. The van der Waals surface area contributed by atoms with Gasteiger partial charge in [-0.15, -0.1) is 0 Å². The summed E-state index contributed by atoms with van der Waals surface area (Å²) in [5, 5.41) is 9.44. The van der Waals surface area contributed by atoms with Gasteiger partial charge < -0.3 is 20.7 Å². The minimum atomic E-state index is -0.137. The second-order valence-corrected chi connectivity index (χ2v) is 5.92. The number of hydrogen-bond acceptors (Lipinski definition) is 3. The average Bonchev–Trinajstić information content (AvgIpc) is 2.65. The van der Waals surface area contributed by atoms with E-state index < -0.39 is 0 Å². The average molecular weight is 354 g/mol. The zero-order valence-electron chi connectivity index (χ0n) is 15.7. The second kappa shape index (κ2) is 9.46. The van der Waals surface area contributed by atoms with Crippen LogP contribution < -0.4 is 20.7 Å². The zero-order valence-corrected chi connectivity index (χ0v) is 15.7. The number of methoxy groups -OCH3 is 1. The van der Waals surface area contributed by atoms with Gasteiger partial charge in [-0.25, -0.2) is 0 Å². The molecule has 3 N–H and O–H groups in total. The van der Waals surface area contributed by atoms with Crippen molar-refractivity contribution in [3.8, 4) is 5.75 Å². The van der Waals surface area contributed by atoms with Crippen molar-refractivity contribution in [3.05, 3.63) is 59.7 Å². The molecule has 0 saturated heterocycles. The van der Waals surface area contributed by atoms with Crippen LogP contribution in [0.1, 0.15) is 31.0 Å². The lowest BCUT2D eigenvalue weighted by atomic mass is 10.1. The second-order valence-electron chi connectivity index (χ2n) is 5.92. The van der Waals surface area contributed by atoms with E-state index in [-0.39, 0.29) is 11.9 Å². The molecule has 2 rings (SSSR count). The summed E-state index contributed by atoms with van der Waals surface area (Å²) in [6.07, 6.45) is 0. The molecular formula is C20H26N4O2. The normalized spacial score (nSPS) is 12.2. The fraction of sp³-hybridized carbons (Fsp3) is 0.300. The predicted molar refractivity (Wildman–Crippen MR) is 105 cm³/mol. The highest BCUT2D eigenvalue weighted by Gasteiger charge is 2.09. The van der Waals surface area contributed by atoms with Crippen LogP contribution in [0, 0.1) is 0 Å². The summed E-state index contributed by atoms with van der Waals surface area (Å²) < 4.78 is 5.28. The van der Waals surface area contributed by atoms with Gasteiger partial charge in [0.05, 0.1) is 18.8 Å². The standard InChI is InChI=1S/C20H26N4O2/c1-14(17-8-6-5-7-9-17)23-20(21-3)22-13-16-10-11-19(26-4)18(12-16)24-15(2)25/h5-12,14H,13H2,1-4H3,(H,24,25)(H2,21,22,23). The first-order chi connectivity index (χ1) is 12.5. The Hall–Kier alpha value is -3.02. The first kappa shape index (κ1) is 19.3. The van der Waals surface area contributed by atoms with Gasteiger partial charge in [-0.3, -0.25) is 9.79 Å². The van der Waals surface area contributed by atoms with Gasteiger partial charge in [-0.1, -0.05) is 36.4 Å².